The molecule has 0 aliphatic heterocycles. The SMILES string of the molecule is CCN=C(NF)C(F)(F)F. The first-order chi connectivity index (χ1) is 4.52. The molecule has 0 spiro atoms. The fourth-order valence-corrected chi connectivity index (χ4v) is 0.331. The maximum absolute atomic E-state index is 11.5. The molecule has 10 heavy (non-hydrogen) atoms. The summed E-state index contributed by atoms with van der Waals surface area (Å²) in [6, 6.07) is 0. The van der Waals surface area contributed by atoms with E-state index in [9.17, 15) is 17.7 Å². The molecule has 0 fully saturated rings. The minimum absolute atomic E-state index is 0.105. The molecule has 1 N–H and O–H groups in total. The normalized spacial score (nSPS) is 13.5. The van der Waals surface area contributed by atoms with Crippen molar-refractivity contribution in [1.29, 1.82) is 0 Å². The van der Waals surface area contributed by atoms with Gasteiger partial charge in [-0.3, -0.25) is 4.99 Å². The molecule has 0 atom stereocenters. The van der Waals surface area contributed by atoms with Crippen LogP contribution in [-0.2, 0) is 0 Å². The molecule has 0 bridgehead atoms. The number of nitrogens with one attached hydrogen (secondary N) is 1. The lowest BCUT2D eigenvalue weighted by atomic mass is 10.6. The number of hydrogen-bond donors (Lipinski definition) is 1. The van der Waals surface area contributed by atoms with Gasteiger partial charge in [0.05, 0.1) is 0 Å². The van der Waals surface area contributed by atoms with Gasteiger partial charge in [-0.25, -0.2) is 5.54 Å². The highest BCUT2D eigenvalue weighted by Gasteiger charge is 2.35. The number of hydrogen-bond acceptors (Lipinski definition) is 1. The summed E-state index contributed by atoms with van der Waals surface area (Å²) >= 11 is 0. The number of rotatable bonds is 1. The van der Waals surface area contributed by atoms with E-state index in [1.54, 1.807) is 0 Å². The molecule has 0 aromatic rings. The van der Waals surface area contributed by atoms with Crippen LogP contribution in [0.5, 0.6) is 0 Å². The topological polar surface area (TPSA) is 24.4 Å². The lowest BCUT2D eigenvalue weighted by Gasteiger charge is -2.05. The predicted octanol–water partition coefficient (Wildman–Crippen LogP) is 1.44. The zero-order chi connectivity index (χ0) is 8.20. The highest BCUT2D eigenvalue weighted by molar-refractivity contribution is 5.86. The molecule has 0 saturated carbocycles. The summed E-state index contributed by atoms with van der Waals surface area (Å²) in [4.78, 5) is 2.82. The average Bonchev–Trinajstić information content (AvgIpc) is 1.80. The molecule has 6 heteroatoms. The first kappa shape index (κ1) is 9.19. The molecule has 0 rings (SSSR count). The Labute approximate surface area is 54.9 Å². The summed E-state index contributed by atoms with van der Waals surface area (Å²) in [6.45, 7) is 1.27. The lowest BCUT2D eigenvalue weighted by molar-refractivity contribution is -0.0648. The van der Waals surface area contributed by atoms with Crippen LogP contribution in [0.15, 0.2) is 4.99 Å². The molecular weight excluding hydrogens is 152 g/mol. The van der Waals surface area contributed by atoms with Gasteiger partial charge in [0, 0.05) is 6.54 Å². The van der Waals surface area contributed by atoms with E-state index in [-0.39, 0.29) is 6.54 Å². The smallest absolute Gasteiger partial charge is 0.263 e. The van der Waals surface area contributed by atoms with Gasteiger partial charge in [-0.1, -0.05) is 0 Å². The molecular formula is C4H6F4N2. The molecule has 0 aliphatic rings. The summed E-state index contributed by atoms with van der Waals surface area (Å²) in [5, 5.41) is 0. The fourth-order valence-electron chi connectivity index (χ4n) is 0.331. The maximum atomic E-state index is 11.5. The number of aliphatic imine (C=N–C) groups is 1. The fraction of sp³-hybridized carbons (Fsp3) is 0.750. The third-order valence-electron chi connectivity index (χ3n) is 0.674. The zero-order valence-electron chi connectivity index (χ0n) is 5.17. The van der Waals surface area contributed by atoms with Gasteiger partial charge < -0.3 is 0 Å². The average molecular weight is 158 g/mol. The Hall–Kier alpha value is -0.810. The largest absolute Gasteiger partial charge is 0.451 e. The third-order valence-corrected chi connectivity index (χ3v) is 0.674. The Bertz CT molecular complexity index is 128. The predicted molar refractivity (Wildman–Crippen MR) is 28.3 cm³/mol. The molecule has 0 unspecified atom stereocenters. The lowest BCUT2D eigenvalue weighted by Crippen LogP contribution is -2.32. The van der Waals surface area contributed by atoms with Crippen LogP contribution in [0, 0.1) is 0 Å². The third kappa shape index (κ3) is 2.65. The van der Waals surface area contributed by atoms with E-state index in [0.29, 0.717) is 5.54 Å². The summed E-state index contributed by atoms with van der Waals surface area (Å²) in [6.07, 6.45) is -4.72. The molecule has 0 aliphatic carbocycles. The van der Waals surface area contributed by atoms with Gasteiger partial charge >= 0.3 is 6.18 Å². The molecule has 0 radical (unpaired) electrons. The van der Waals surface area contributed by atoms with Gasteiger partial charge in [0.25, 0.3) is 0 Å². The van der Waals surface area contributed by atoms with E-state index in [2.05, 4.69) is 4.99 Å². The second-order valence-electron chi connectivity index (χ2n) is 1.42. The van der Waals surface area contributed by atoms with Crippen molar-refractivity contribution in [2.75, 3.05) is 6.54 Å². The summed E-state index contributed by atoms with van der Waals surface area (Å²) in [5.74, 6) is -1.59. The first-order valence-corrected chi connectivity index (χ1v) is 2.50. The molecule has 0 amide bonds. The molecule has 0 aromatic heterocycles. The van der Waals surface area contributed by atoms with Crippen molar-refractivity contribution in [3.8, 4) is 0 Å². The van der Waals surface area contributed by atoms with Gasteiger partial charge in [0.15, 0.2) is 0 Å². The molecule has 0 aromatic carbocycles. The summed E-state index contributed by atoms with van der Waals surface area (Å²) in [7, 11) is 0. The molecule has 0 saturated heterocycles. The number of nitrogens with zero attached hydrogens (tertiary/aromatic N) is 1. The maximum Gasteiger partial charge on any atom is 0.451 e. The van der Waals surface area contributed by atoms with Crippen LogP contribution in [0.2, 0.25) is 0 Å². The van der Waals surface area contributed by atoms with Crippen molar-refractivity contribution in [1.82, 2.24) is 5.54 Å². The Kier molecular flexibility index (Phi) is 3.11. The van der Waals surface area contributed by atoms with Crippen LogP contribution in [0.3, 0.4) is 0 Å². The highest BCUT2D eigenvalue weighted by Crippen LogP contribution is 2.15. The van der Waals surface area contributed by atoms with Crippen molar-refractivity contribution in [3.63, 3.8) is 0 Å². The number of alkyl halides is 3. The number of halogens is 4. The van der Waals surface area contributed by atoms with E-state index in [4.69, 9.17) is 0 Å². The van der Waals surface area contributed by atoms with Crippen LogP contribution in [0.4, 0.5) is 17.7 Å². The van der Waals surface area contributed by atoms with Gasteiger partial charge in [-0.2, -0.15) is 13.2 Å². The van der Waals surface area contributed by atoms with Gasteiger partial charge in [0.1, 0.15) is 0 Å². The molecule has 2 nitrogen and oxygen atoms in total. The quantitative estimate of drug-likeness (QED) is 0.265. The highest BCUT2D eigenvalue weighted by atomic mass is 19.4. The van der Waals surface area contributed by atoms with Crippen LogP contribution in [-0.4, -0.2) is 18.6 Å². The Morgan fingerprint density at radius 3 is 2.10 bits per heavy atom. The minimum Gasteiger partial charge on any atom is -0.263 e. The zero-order valence-corrected chi connectivity index (χ0v) is 5.17. The number of amidine groups is 1. The van der Waals surface area contributed by atoms with Crippen molar-refractivity contribution < 1.29 is 17.7 Å². The van der Waals surface area contributed by atoms with Gasteiger partial charge in [-0.15, -0.1) is 4.48 Å². The van der Waals surface area contributed by atoms with E-state index >= 15 is 0 Å². The van der Waals surface area contributed by atoms with Gasteiger partial charge in [0.2, 0.25) is 5.84 Å². The van der Waals surface area contributed by atoms with E-state index in [1.807, 2.05) is 0 Å². The standard InChI is InChI=1S/C4H6F4N2/c1-2-9-3(10-8)4(5,6)7/h2H2,1H3,(H,9,10). The van der Waals surface area contributed by atoms with Crippen molar-refractivity contribution >= 4 is 5.84 Å². The molecule has 0 heterocycles. The van der Waals surface area contributed by atoms with Crippen molar-refractivity contribution in [3.05, 3.63) is 0 Å². The van der Waals surface area contributed by atoms with Crippen LogP contribution in [0.1, 0.15) is 6.92 Å². The Morgan fingerprint density at radius 2 is 2.00 bits per heavy atom. The van der Waals surface area contributed by atoms with Crippen LogP contribution < -0.4 is 5.54 Å². The van der Waals surface area contributed by atoms with Gasteiger partial charge in [-0.05, 0) is 6.92 Å². The van der Waals surface area contributed by atoms with E-state index < -0.39 is 12.0 Å². The monoisotopic (exact) mass is 158 g/mol. The van der Waals surface area contributed by atoms with E-state index in [0.717, 1.165) is 0 Å². The van der Waals surface area contributed by atoms with E-state index in [1.165, 1.54) is 6.92 Å². The Morgan fingerprint density at radius 1 is 1.50 bits per heavy atom. The minimum atomic E-state index is -4.72. The Balaban J connectivity index is 4.21. The van der Waals surface area contributed by atoms with Crippen molar-refractivity contribution in [2.45, 2.75) is 13.1 Å². The van der Waals surface area contributed by atoms with Crippen LogP contribution in [0.25, 0.3) is 0 Å². The molecule has 60 valence electrons. The summed E-state index contributed by atoms with van der Waals surface area (Å²) < 4.78 is 45.7. The summed E-state index contributed by atoms with van der Waals surface area (Å²) in [5.41, 5.74) is 0.468. The van der Waals surface area contributed by atoms with Crippen molar-refractivity contribution in [2.24, 2.45) is 4.99 Å². The first-order valence-electron chi connectivity index (χ1n) is 2.50. The van der Waals surface area contributed by atoms with Crippen LogP contribution >= 0.6 is 0 Å². The second kappa shape index (κ2) is 3.38. The second-order valence-corrected chi connectivity index (χ2v) is 1.42.